The first-order valence-corrected chi connectivity index (χ1v) is 14.9. The standard InChI is InChI=1S/C32H47FN2O2/c1-3-5-7-9-10-11-13-14-25-16-19-28(20-17-25)37-32(36)29-21-18-27(22-30(29)33)31-34-23-26(24-35-31)15-12-8-6-4-2/h18,21-25,28H,3-17,19-20H2,1-2H3. The van der Waals surface area contributed by atoms with E-state index < -0.39 is 11.8 Å². The average molecular weight is 511 g/mol. The van der Waals surface area contributed by atoms with Gasteiger partial charge in [0.05, 0.1) is 5.56 Å². The molecule has 0 atom stereocenters. The lowest BCUT2D eigenvalue weighted by molar-refractivity contribution is 0.0156. The van der Waals surface area contributed by atoms with E-state index in [0.29, 0.717) is 11.4 Å². The van der Waals surface area contributed by atoms with Gasteiger partial charge >= 0.3 is 5.97 Å². The van der Waals surface area contributed by atoms with Crippen molar-refractivity contribution >= 4 is 5.97 Å². The normalized spacial score (nSPS) is 17.6. The third kappa shape index (κ3) is 10.2. The number of carbonyl (C=O) groups is 1. The molecule has 0 N–H and O–H groups in total. The number of aryl methyl sites for hydroxylation is 1. The second-order valence-electron chi connectivity index (χ2n) is 10.9. The molecule has 0 bridgehead atoms. The number of benzene rings is 1. The van der Waals surface area contributed by atoms with Gasteiger partial charge in [0, 0.05) is 18.0 Å². The molecular formula is C32H47FN2O2. The molecule has 4 nitrogen and oxygen atoms in total. The molecule has 1 aromatic carbocycles. The number of halogens is 1. The molecule has 1 fully saturated rings. The minimum atomic E-state index is -0.581. The summed E-state index contributed by atoms with van der Waals surface area (Å²) in [5.74, 6) is 0.0602. The highest BCUT2D eigenvalue weighted by molar-refractivity contribution is 5.90. The molecule has 3 rings (SSSR count). The van der Waals surface area contributed by atoms with Crippen molar-refractivity contribution in [2.24, 2.45) is 5.92 Å². The maximum atomic E-state index is 14.8. The van der Waals surface area contributed by atoms with Crippen LogP contribution in [0.1, 0.15) is 133 Å². The van der Waals surface area contributed by atoms with Gasteiger partial charge < -0.3 is 4.74 Å². The van der Waals surface area contributed by atoms with E-state index in [0.717, 1.165) is 50.0 Å². The molecule has 5 heteroatoms. The Morgan fingerprint density at radius 2 is 1.49 bits per heavy atom. The van der Waals surface area contributed by atoms with E-state index in [1.807, 2.05) is 12.4 Å². The summed E-state index contributed by atoms with van der Waals surface area (Å²) in [6.45, 7) is 4.46. The predicted octanol–water partition coefficient (Wildman–Crippen LogP) is 9.26. The summed E-state index contributed by atoms with van der Waals surface area (Å²) >= 11 is 0. The molecule has 0 spiro atoms. The first kappa shape index (κ1) is 29.3. The first-order chi connectivity index (χ1) is 18.1. The SMILES string of the molecule is CCCCCCCCCC1CCC(OC(=O)c2ccc(-c3ncc(CCCCCC)cn3)cc2F)CC1. The maximum absolute atomic E-state index is 14.8. The smallest absolute Gasteiger partial charge is 0.341 e. The molecular weight excluding hydrogens is 463 g/mol. The highest BCUT2D eigenvalue weighted by Crippen LogP contribution is 2.31. The zero-order valence-corrected chi connectivity index (χ0v) is 23.2. The van der Waals surface area contributed by atoms with E-state index in [-0.39, 0.29) is 11.7 Å². The van der Waals surface area contributed by atoms with E-state index in [1.54, 1.807) is 6.07 Å². The Kier molecular flexibility index (Phi) is 13.1. The molecule has 1 aliphatic carbocycles. The van der Waals surface area contributed by atoms with Crippen molar-refractivity contribution in [3.63, 3.8) is 0 Å². The molecule has 2 aromatic rings. The molecule has 0 aliphatic heterocycles. The van der Waals surface area contributed by atoms with Gasteiger partial charge in [-0.2, -0.15) is 0 Å². The number of ether oxygens (including phenoxy) is 1. The molecule has 1 heterocycles. The van der Waals surface area contributed by atoms with E-state index >= 15 is 0 Å². The van der Waals surface area contributed by atoms with Crippen LogP contribution in [0.5, 0.6) is 0 Å². The fourth-order valence-corrected chi connectivity index (χ4v) is 5.35. The Hall–Kier alpha value is -2.30. The minimum absolute atomic E-state index is 0.0125. The molecule has 0 amide bonds. The van der Waals surface area contributed by atoms with Gasteiger partial charge in [0.25, 0.3) is 0 Å². The lowest BCUT2D eigenvalue weighted by Crippen LogP contribution is -2.25. The second-order valence-corrected chi connectivity index (χ2v) is 10.9. The summed E-state index contributed by atoms with van der Waals surface area (Å²) in [5.41, 5.74) is 1.65. The summed E-state index contributed by atoms with van der Waals surface area (Å²) in [5, 5.41) is 0. The van der Waals surface area contributed by atoms with Crippen molar-refractivity contribution in [1.82, 2.24) is 9.97 Å². The lowest BCUT2D eigenvalue weighted by atomic mass is 9.84. The van der Waals surface area contributed by atoms with E-state index in [9.17, 15) is 9.18 Å². The second kappa shape index (κ2) is 16.5. The van der Waals surface area contributed by atoms with Crippen LogP contribution in [0.2, 0.25) is 0 Å². The fraction of sp³-hybridized carbons (Fsp3) is 0.656. The number of carbonyl (C=O) groups excluding carboxylic acids is 1. The summed E-state index contributed by atoms with van der Waals surface area (Å²) in [7, 11) is 0. The van der Waals surface area contributed by atoms with E-state index in [4.69, 9.17) is 4.74 Å². The Balaban J connectivity index is 1.40. The Bertz CT molecular complexity index is 923. The zero-order valence-electron chi connectivity index (χ0n) is 23.2. The van der Waals surface area contributed by atoms with Gasteiger partial charge in [0.1, 0.15) is 11.9 Å². The van der Waals surface area contributed by atoms with Gasteiger partial charge in [0.15, 0.2) is 5.82 Å². The third-order valence-electron chi connectivity index (χ3n) is 7.75. The van der Waals surface area contributed by atoms with Crippen LogP contribution in [0.15, 0.2) is 30.6 Å². The number of aromatic nitrogens is 2. The monoisotopic (exact) mass is 510 g/mol. The zero-order chi connectivity index (χ0) is 26.3. The average Bonchev–Trinajstić information content (AvgIpc) is 2.92. The van der Waals surface area contributed by atoms with Crippen LogP contribution in [-0.4, -0.2) is 22.0 Å². The van der Waals surface area contributed by atoms with Gasteiger partial charge in [-0.15, -0.1) is 0 Å². The van der Waals surface area contributed by atoms with E-state index in [2.05, 4.69) is 23.8 Å². The number of hydrogen-bond donors (Lipinski definition) is 0. The summed E-state index contributed by atoms with van der Waals surface area (Å²) in [6.07, 6.45) is 23.9. The summed E-state index contributed by atoms with van der Waals surface area (Å²) < 4.78 is 20.5. The number of esters is 1. The Morgan fingerprint density at radius 1 is 0.865 bits per heavy atom. The van der Waals surface area contributed by atoms with Gasteiger partial charge in [-0.3, -0.25) is 0 Å². The van der Waals surface area contributed by atoms with Crippen molar-refractivity contribution in [2.75, 3.05) is 0 Å². The summed E-state index contributed by atoms with van der Waals surface area (Å²) in [6, 6.07) is 4.54. The third-order valence-corrected chi connectivity index (χ3v) is 7.75. The number of unbranched alkanes of at least 4 members (excludes halogenated alkanes) is 9. The Labute approximate surface area is 223 Å². The van der Waals surface area contributed by atoms with Crippen LogP contribution in [0, 0.1) is 11.7 Å². The molecule has 0 saturated heterocycles. The lowest BCUT2D eigenvalue weighted by Gasteiger charge is -2.28. The van der Waals surface area contributed by atoms with Crippen LogP contribution < -0.4 is 0 Å². The van der Waals surface area contributed by atoms with Gasteiger partial charge in [-0.25, -0.2) is 19.2 Å². The van der Waals surface area contributed by atoms with Crippen LogP contribution in [-0.2, 0) is 11.2 Å². The highest BCUT2D eigenvalue weighted by atomic mass is 19.1. The number of hydrogen-bond acceptors (Lipinski definition) is 4. The fourth-order valence-electron chi connectivity index (χ4n) is 5.35. The maximum Gasteiger partial charge on any atom is 0.341 e. The highest BCUT2D eigenvalue weighted by Gasteiger charge is 2.25. The van der Waals surface area contributed by atoms with Gasteiger partial charge in [-0.1, -0.05) is 90.5 Å². The summed E-state index contributed by atoms with van der Waals surface area (Å²) in [4.78, 5) is 21.5. The minimum Gasteiger partial charge on any atom is -0.459 e. The van der Waals surface area contributed by atoms with Crippen LogP contribution in [0.4, 0.5) is 4.39 Å². The quantitative estimate of drug-likeness (QED) is 0.167. The number of rotatable bonds is 16. The van der Waals surface area contributed by atoms with Gasteiger partial charge in [-0.05, 0) is 62.1 Å². The first-order valence-electron chi connectivity index (χ1n) is 14.9. The topological polar surface area (TPSA) is 52.1 Å². The molecule has 0 radical (unpaired) electrons. The van der Waals surface area contributed by atoms with Crippen LogP contribution in [0.25, 0.3) is 11.4 Å². The largest absolute Gasteiger partial charge is 0.459 e. The van der Waals surface area contributed by atoms with Crippen molar-refractivity contribution in [2.45, 2.75) is 129 Å². The number of nitrogens with zero attached hydrogens (tertiary/aromatic N) is 2. The molecule has 1 saturated carbocycles. The molecule has 204 valence electrons. The molecule has 0 unspecified atom stereocenters. The van der Waals surface area contributed by atoms with E-state index in [1.165, 1.54) is 82.8 Å². The predicted molar refractivity (Wildman–Crippen MR) is 149 cm³/mol. The molecule has 1 aromatic heterocycles. The van der Waals surface area contributed by atoms with Crippen molar-refractivity contribution in [3.05, 3.63) is 47.5 Å². The Morgan fingerprint density at radius 3 is 2.14 bits per heavy atom. The van der Waals surface area contributed by atoms with Crippen molar-refractivity contribution in [3.8, 4) is 11.4 Å². The molecule has 1 aliphatic rings. The van der Waals surface area contributed by atoms with Crippen molar-refractivity contribution in [1.29, 1.82) is 0 Å². The van der Waals surface area contributed by atoms with Crippen molar-refractivity contribution < 1.29 is 13.9 Å². The van der Waals surface area contributed by atoms with Gasteiger partial charge in [0.2, 0.25) is 0 Å². The molecule has 37 heavy (non-hydrogen) atoms. The van der Waals surface area contributed by atoms with Crippen LogP contribution in [0.3, 0.4) is 0 Å². The van der Waals surface area contributed by atoms with Crippen LogP contribution >= 0.6 is 0 Å².